The van der Waals surface area contributed by atoms with E-state index in [0.717, 1.165) is 0 Å². The minimum absolute atomic E-state index is 0.140. The van der Waals surface area contributed by atoms with Gasteiger partial charge >= 0.3 is 11.9 Å². The van der Waals surface area contributed by atoms with Crippen molar-refractivity contribution in [1.82, 2.24) is 0 Å². The van der Waals surface area contributed by atoms with Gasteiger partial charge in [0.2, 0.25) is 0 Å². The number of halogens is 1. The molecule has 0 aliphatic carbocycles. The van der Waals surface area contributed by atoms with E-state index in [1.54, 1.807) is 54.3 Å². The van der Waals surface area contributed by atoms with Gasteiger partial charge < -0.3 is 19.5 Å². The summed E-state index contributed by atoms with van der Waals surface area (Å²) in [5.74, 6) is -1.25. The highest BCUT2D eigenvalue weighted by atomic mass is 35.5. The zero-order valence-electron chi connectivity index (χ0n) is 19.1. The van der Waals surface area contributed by atoms with Gasteiger partial charge in [0, 0.05) is 27.7 Å². The van der Waals surface area contributed by atoms with Gasteiger partial charge in [-0.2, -0.15) is 0 Å². The molecule has 1 heterocycles. The second-order valence-corrected chi connectivity index (χ2v) is 9.16. The zero-order valence-corrected chi connectivity index (χ0v) is 19.9. The van der Waals surface area contributed by atoms with Gasteiger partial charge in [0.15, 0.2) is 0 Å². The van der Waals surface area contributed by atoms with E-state index >= 15 is 0 Å². The van der Waals surface area contributed by atoms with Crippen molar-refractivity contribution in [3.05, 3.63) is 58.6 Å². The van der Waals surface area contributed by atoms with Crippen molar-refractivity contribution in [2.45, 2.75) is 45.1 Å². The van der Waals surface area contributed by atoms with Gasteiger partial charge in [-0.05, 0) is 60.9 Å². The van der Waals surface area contributed by atoms with E-state index in [-0.39, 0.29) is 31.3 Å². The molecule has 2 atom stereocenters. The number of aliphatic carboxylic acids is 1. The number of carbonyl (C=O) groups is 3. The number of nitrogens with zero attached hydrogens (tertiary/aromatic N) is 1. The molecule has 33 heavy (non-hydrogen) atoms. The summed E-state index contributed by atoms with van der Waals surface area (Å²) in [5, 5.41) is 10.3. The Morgan fingerprint density at radius 3 is 2.36 bits per heavy atom. The summed E-state index contributed by atoms with van der Waals surface area (Å²) in [6.07, 6.45) is -0.534. The molecule has 0 spiro atoms. The van der Waals surface area contributed by atoms with Crippen LogP contribution in [0.3, 0.4) is 0 Å². The van der Waals surface area contributed by atoms with E-state index in [2.05, 4.69) is 0 Å². The summed E-state index contributed by atoms with van der Waals surface area (Å²) >= 11 is 5.98. The predicted molar refractivity (Wildman–Crippen MR) is 125 cm³/mol. The number of esters is 1. The molecule has 0 saturated carbocycles. The van der Waals surface area contributed by atoms with Gasteiger partial charge in [0.05, 0.1) is 26.6 Å². The molecule has 0 aromatic heterocycles. The molecular formula is C25H28ClNO6. The van der Waals surface area contributed by atoms with Gasteiger partial charge in [-0.25, -0.2) is 0 Å². The number of amides is 1. The van der Waals surface area contributed by atoms with Gasteiger partial charge in [0.25, 0.3) is 5.91 Å². The SMILES string of the molecule is COc1ccc2c(c1)C(CC(=O)O)(CC(=O)OCC(C)C)C(C)N2C(=O)c1ccc(Cl)cc1. The quantitative estimate of drug-likeness (QED) is 0.558. The number of carboxylic acids is 1. The van der Waals surface area contributed by atoms with E-state index in [9.17, 15) is 19.5 Å². The number of methoxy groups -OCH3 is 1. The van der Waals surface area contributed by atoms with Crippen LogP contribution in [0, 0.1) is 5.92 Å². The summed E-state index contributed by atoms with van der Waals surface area (Å²) in [6.45, 7) is 5.84. The normalized spacial score (nSPS) is 19.3. The number of benzene rings is 2. The van der Waals surface area contributed by atoms with Crippen LogP contribution in [-0.2, 0) is 19.7 Å². The maximum absolute atomic E-state index is 13.5. The van der Waals surface area contributed by atoms with Gasteiger partial charge in [-0.1, -0.05) is 25.4 Å². The van der Waals surface area contributed by atoms with E-state index in [0.29, 0.717) is 27.6 Å². The highest BCUT2D eigenvalue weighted by Gasteiger charge is 2.53. The largest absolute Gasteiger partial charge is 0.497 e. The Morgan fingerprint density at radius 2 is 1.79 bits per heavy atom. The lowest BCUT2D eigenvalue weighted by molar-refractivity contribution is -0.147. The number of fused-ring (bicyclic) bond motifs is 1. The van der Waals surface area contributed by atoms with Crippen molar-refractivity contribution < 1.29 is 29.0 Å². The van der Waals surface area contributed by atoms with E-state index in [1.807, 2.05) is 13.8 Å². The number of ether oxygens (including phenoxy) is 2. The average Bonchev–Trinajstić information content (AvgIpc) is 2.99. The highest BCUT2D eigenvalue weighted by Crippen LogP contribution is 2.51. The molecule has 2 aromatic rings. The molecule has 3 rings (SSSR count). The average molecular weight is 474 g/mol. The Balaban J connectivity index is 2.12. The first-order chi connectivity index (χ1) is 15.6. The van der Waals surface area contributed by atoms with Crippen LogP contribution in [0.4, 0.5) is 5.69 Å². The Bertz CT molecular complexity index is 1050. The topological polar surface area (TPSA) is 93.1 Å². The smallest absolute Gasteiger partial charge is 0.306 e. The first kappa shape index (κ1) is 24.6. The van der Waals surface area contributed by atoms with Crippen LogP contribution >= 0.6 is 11.6 Å². The van der Waals surface area contributed by atoms with Crippen LogP contribution in [0.25, 0.3) is 0 Å². The van der Waals surface area contributed by atoms with E-state index in [4.69, 9.17) is 21.1 Å². The fraction of sp³-hybridized carbons (Fsp3) is 0.400. The third-order valence-electron chi connectivity index (χ3n) is 6.00. The summed E-state index contributed by atoms with van der Waals surface area (Å²) in [7, 11) is 1.51. The van der Waals surface area contributed by atoms with Crippen molar-refractivity contribution in [3.63, 3.8) is 0 Å². The number of rotatable bonds is 8. The number of carbonyl (C=O) groups excluding carboxylic acids is 2. The first-order valence-electron chi connectivity index (χ1n) is 10.7. The maximum atomic E-state index is 13.5. The van der Waals surface area contributed by atoms with Crippen molar-refractivity contribution in [2.75, 3.05) is 18.6 Å². The lowest BCUT2D eigenvalue weighted by Crippen LogP contribution is -2.48. The minimum Gasteiger partial charge on any atom is -0.497 e. The standard InChI is InChI=1S/C25H28ClNO6/c1-15(2)14-33-23(30)13-25(12-22(28)29)16(3)27(21-10-9-19(32-4)11-20(21)25)24(31)17-5-7-18(26)8-6-17/h5-11,15-16H,12-14H2,1-4H3,(H,28,29). The molecule has 0 radical (unpaired) electrons. The van der Waals surface area contributed by atoms with Crippen LogP contribution < -0.4 is 9.64 Å². The highest BCUT2D eigenvalue weighted by molar-refractivity contribution is 6.30. The molecule has 2 aromatic carbocycles. The molecule has 1 amide bonds. The van der Waals surface area contributed by atoms with Crippen LogP contribution in [0.5, 0.6) is 5.75 Å². The van der Waals surface area contributed by atoms with Crippen LogP contribution in [0.2, 0.25) is 5.02 Å². The third kappa shape index (κ3) is 4.98. The van der Waals surface area contributed by atoms with Crippen LogP contribution in [-0.4, -0.2) is 42.7 Å². The van der Waals surface area contributed by atoms with Crippen molar-refractivity contribution in [3.8, 4) is 5.75 Å². The molecule has 1 aliphatic heterocycles. The van der Waals surface area contributed by atoms with Gasteiger partial charge in [0.1, 0.15) is 5.75 Å². The monoisotopic (exact) mass is 473 g/mol. The molecule has 2 unspecified atom stereocenters. The van der Waals surface area contributed by atoms with Crippen LogP contribution in [0.1, 0.15) is 49.5 Å². The number of carboxylic acid groups (broad SMARTS) is 1. The lowest BCUT2D eigenvalue weighted by atomic mass is 9.71. The Hall–Kier alpha value is -3.06. The third-order valence-corrected chi connectivity index (χ3v) is 6.25. The Kier molecular flexibility index (Phi) is 7.32. The van der Waals surface area contributed by atoms with E-state index in [1.165, 1.54) is 7.11 Å². The molecule has 0 saturated heterocycles. The summed E-state index contributed by atoms with van der Waals surface area (Å²) in [5.41, 5.74) is 0.328. The fourth-order valence-corrected chi connectivity index (χ4v) is 4.46. The molecule has 7 nitrogen and oxygen atoms in total. The zero-order chi connectivity index (χ0) is 24.3. The molecular weight excluding hydrogens is 446 g/mol. The molecule has 0 fully saturated rings. The van der Waals surface area contributed by atoms with Crippen molar-refractivity contribution in [1.29, 1.82) is 0 Å². The molecule has 0 bridgehead atoms. The molecule has 8 heteroatoms. The molecule has 176 valence electrons. The van der Waals surface area contributed by atoms with Crippen molar-refractivity contribution in [2.24, 2.45) is 5.92 Å². The molecule has 1 aliphatic rings. The second-order valence-electron chi connectivity index (χ2n) is 8.72. The summed E-state index contributed by atoms with van der Waals surface area (Å²) in [4.78, 5) is 39.9. The Labute approximate surface area is 198 Å². The first-order valence-corrected chi connectivity index (χ1v) is 11.1. The number of hydrogen-bond acceptors (Lipinski definition) is 5. The predicted octanol–water partition coefficient (Wildman–Crippen LogP) is 4.70. The van der Waals surface area contributed by atoms with Gasteiger partial charge in [-0.3, -0.25) is 14.4 Å². The van der Waals surface area contributed by atoms with E-state index < -0.39 is 23.4 Å². The Morgan fingerprint density at radius 1 is 1.12 bits per heavy atom. The number of anilines is 1. The molecule has 1 N–H and O–H groups in total. The van der Waals surface area contributed by atoms with Crippen LogP contribution in [0.15, 0.2) is 42.5 Å². The second kappa shape index (κ2) is 9.83. The summed E-state index contributed by atoms with van der Waals surface area (Å²) in [6, 6.07) is 11.0. The maximum Gasteiger partial charge on any atom is 0.306 e. The number of hydrogen-bond donors (Lipinski definition) is 1. The lowest BCUT2D eigenvalue weighted by Gasteiger charge is -2.35. The van der Waals surface area contributed by atoms with Gasteiger partial charge in [-0.15, -0.1) is 0 Å². The minimum atomic E-state index is -1.19. The van der Waals surface area contributed by atoms with Crippen molar-refractivity contribution >= 4 is 35.1 Å². The fourth-order valence-electron chi connectivity index (χ4n) is 4.34. The summed E-state index contributed by atoms with van der Waals surface area (Å²) < 4.78 is 10.8.